The smallest absolute Gasteiger partial charge is 0.258 e. The first-order valence-electron chi connectivity index (χ1n) is 5.40. The quantitative estimate of drug-likeness (QED) is 0.632. The Morgan fingerprint density at radius 1 is 1.37 bits per heavy atom. The second-order valence-electron chi connectivity index (χ2n) is 3.75. The van der Waals surface area contributed by atoms with Crippen LogP contribution in [-0.2, 0) is 0 Å². The molecule has 0 saturated carbocycles. The molecular formula is C13H9N3O2S. The maximum atomic E-state index is 10.9. The normalized spacial score (nSPS) is 9.89. The molecule has 2 rings (SSSR count). The van der Waals surface area contributed by atoms with Gasteiger partial charge in [0.15, 0.2) is 0 Å². The highest BCUT2D eigenvalue weighted by Gasteiger charge is 2.16. The molecule has 0 aliphatic heterocycles. The number of nitro groups is 1. The molecule has 0 atom stereocenters. The van der Waals surface area contributed by atoms with Crippen molar-refractivity contribution < 1.29 is 4.92 Å². The molecule has 0 aliphatic rings. The molecule has 5 nitrogen and oxygen atoms in total. The van der Waals surface area contributed by atoms with Crippen molar-refractivity contribution in [1.82, 2.24) is 4.98 Å². The van der Waals surface area contributed by atoms with Crippen molar-refractivity contribution in [1.29, 1.82) is 5.26 Å². The molecule has 0 spiro atoms. The van der Waals surface area contributed by atoms with E-state index < -0.39 is 4.92 Å². The van der Waals surface area contributed by atoms with Gasteiger partial charge < -0.3 is 0 Å². The molecule has 94 valence electrons. The molecule has 19 heavy (non-hydrogen) atoms. The third-order valence-corrected chi connectivity index (χ3v) is 3.57. The van der Waals surface area contributed by atoms with E-state index in [0.717, 1.165) is 17.3 Å². The van der Waals surface area contributed by atoms with Crippen LogP contribution in [0.1, 0.15) is 11.1 Å². The molecule has 0 N–H and O–H groups in total. The average Bonchev–Trinajstić information content (AvgIpc) is 2.39. The van der Waals surface area contributed by atoms with Crippen molar-refractivity contribution in [2.75, 3.05) is 0 Å². The van der Waals surface area contributed by atoms with Crippen molar-refractivity contribution >= 4 is 17.4 Å². The lowest BCUT2D eigenvalue weighted by molar-refractivity contribution is -0.387. The van der Waals surface area contributed by atoms with E-state index in [1.54, 1.807) is 30.5 Å². The molecule has 0 aliphatic carbocycles. The third-order valence-electron chi connectivity index (χ3n) is 2.50. The number of benzene rings is 1. The number of hydrogen-bond donors (Lipinski definition) is 0. The SMILES string of the molecule is Cc1ccnc(Sc2ccccc2[N+](=O)[O-])c1C#N. The van der Waals surface area contributed by atoms with Gasteiger partial charge in [0, 0.05) is 12.3 Å². The molecular weight excluding hydrogens is 262 g/mol. The Morgan fingerprint density at radius 3 is 2.79 bits per heavy atom. The highest BCUT2D eigenvalue weighted by Crippen LogP contribution is 2.35. The Balaban J connectivity index is 2.46. The van der Waals surface area contributed by atoms with Gasteiger partial charge in [0.05, 0.1) is 15.4 Å². The van der Waals surface area contributed by atoms with Crippen LogP contribution in [0.5, 0.6) is 0 Å². The van der Waals surface area contributed by atoms with Gasteiger partial charge in [-0.05, 0) is 24.6 Å². The van der Waals surface area contributed by atoms with Crippen LogP contribution in [0, 0.1) is 28.4 Å². The predicted molar refractivity (Wildman–Crippen MR) is 70.9 cm³/mol. The summed E-state index contributed by atoms with van der Waals surface area (Å²) in [5, 5.41) is 20.5. The number of nitriles is 1. The van der Waals surface area contributed by atoms with Gasteiger partial charge in [-0.3, -0.25) is 10.1 Å². The summed E-state index contributed by atoms with van der Waals surface area (Å²) in [5.41, 5.74) is 1.27. The van der Waals surface area contributed by atoms with E-state index >= 15 is 0 Å². The number of hydrogen-bond acceptors (Lipinski definition) is 5. The minimum Gasteiger partial charge on any atom is -0.258 e. The van der Waals surface area contributed by atoms with E-state index in [-0.39, 0.29) is 5.69 Å². The Bertz CT molecular complexity index is 680. The molecule has 0 unspecified atom stereocenters. The van der Waals surface area contributed by atoms with Gasteiger partial charge >= 0.3 is 0 Å². The van der Waals surface area contributed by atoms with E-state index in [0.29, 0.717) is 15.5 Å². The third kappa shape index (κ3) is 2.72. The summed E-state index contributed by atoms with van der Waals surface area (Å²) in [6.45, 7) is 1.81. The maximum Gasteiger partial charge on any atom is 0.283 e. The number of aryl methyl sites for hydroxylation is 1. The van der Waals surface area contributed by atoms with Crippen molar-refractivity contribution in [2.45, 2.75) is 16.8 Å². The number of nitrogens with zero attached hydrogens (tertiary/aromatic N) is 3. The first kappa shape index (κ1) is 13.1. The van der Waals surface area contributed by atoms with Crippen LogP contribution in [0.25, 0.3) is 0 Å². The van der Waals surface area contributed by atoms with Crippen molar-refractivity contribution in [2.24, 2.45) is 0 Å². The zero-order chi connectivity index (χ0) is 13.8. The van der Waals surface area contributed by atoms with Crippen LogP contribution >= 0.6 is 11.8 Å². The second kappa shape index (κ2) is 5.50. The molecule has 0 fully saturated rings. The van der Waals surface area contributed by atoms with Gasteiger partial charge in [-0.25, -0.2) is 4.98 Å². The van der Waals surface area contributed by atoms with Crippen molar-refractivity contribution in [3.05, 3.63) is 57.8 Å². The molecule has 1 aromatic heterocycles. The van der Waals surface area contributed by atoms with Gasteiger partial charge in [-0.1, -0.05) is 23.9 Å². The van der Waals surface area contributed by atoms with Gasteiger partial charge in [-0.15, -0.1) is 0 Å². The van der Waals surface area contributed by atoms with Crippen LogP contribution in [0.15, 0.2) is 46.5 Å². The fourth-order valence-electron chi connectivity index (χ4n) is 1.55. The highest BCUT2D eigenvalue weighted by atomic mass is 32.2. The van der Waals surface area contributed by atoms with Gasteiger partial charge in [0.25, 0.3) is 5.69 Å². The Hall–Kier alpha value is -2.39. The Kier molecular flexibility index (Phi) is 3.78. The summed E-state index contributed by atoms with van der Waals surface area (Å²) in [7, 11) is 0. The molecule has 1 aromatic carbocycles. The number of pyridine rings is 1. The standard InChI is InChI=1S/C13H9N3O2S/c1-9-6-7-15-13(10(9)8-14)19-12-5-3-2-4-11(12)16(17)18/h2-7H,1H3. The summed E-state index contributed by atoms with van der Waals surface area (Å²) in [4.78, 5) is 15.1. The second-order valence-corrected chi connectivity index (χ2v) is 4.78. The lowest BCUT2D eigenvalue weighted by Crippen LogP contribution is -1.93. The van der Waals surface area contributed by atoms with Crippen molar-refractivity contribution in [3.8, 4) is 6.07 Å². The number of aromatic nitrogens is 1. The lowest BCUT2D eigenvalue weighted by atomic mass is 10.2. The molecule has 0 bridgehead atoms. The van der Waals surface area contributed by atoms with Crippen LogP contribution in [0.3, 0.4) is 0 Å². The van der Waals surface area contributed by atoms with Crippen LogP contribution in [0.2, 0.25) is 0 Å². The maximum absolute atomic E-state index is 10.9. The lowest BCUT2D eigenvalue weighted by Gasteiger charge is -2.05. The molecule has 0 saturated heterocycles. The minimum atomic E-state index is -0.440. The van der Waals surface area contributed by atoms with Crippen molar-refractivity contribution in [3.63, 3.8) is 0 Å². The summed E-state index contributed by atoms with van der Waals surface area (Å²) < 4.78 is 0. The summed E-state index contributed by atoms with van der Waals surface area (Å²) in [5.74, 6) is 0. The number of nitro benzene ring substituents is 1. The van der Waals surface area contributed by atoms with E-state index in [2.05, 4.69) is 11.1 Å². The Labute approximate surface area is 114 Å². The average molecular weight is 271 g/mol. The molecule has 0 radical (unpaired) electrons. The molecule has 6 heteroatoms. The fraction of sp³-hybridized carbons (Fsp3) is 0.0769. The van der Waals surface area contributed by atoms with Crippen LogP contribution in [-0.4, -0.2) is 9.91 Å². The number of para-hydroxylation sites is 1. The summed E-state index contributed by atoms with van der Waals surface area (Å²) in [6.07, 6.45) is 1.59. The van der Waals surface area contributed by atoms with E-state index in [4.69, 9.17) is 5.26 Å². The topological polar surface area (TPSA) is 79.8 Å². The van der Waals surface area contributed by atoms with Gasteiger partial charge in [0.1, 0.15) is 11.1 Å². The van der Waals surface area contributed by atoms with Gasteiger partial charge in [0.2, 0.25) is 0 Å². The highest BCUT2D eigenvalue weighted by molar-refractivity contribution is 7.99. The molecule has 1 heterocycles. The predicted octanol–water partition coefficient (Wildman–Crippen LogP) is 3.32. The Morgan fingerprint density at radius 2 is 2.11 bits per heavy atom. The largest absolute Gasteiger partial charge is 0.283 e. The molecule has 0 amide bonds. The van der Waals surface area contributed by atoms with E-state index in [1.807, 2.05) is 6.92 Å². The first-order chi connectivity index (χ1) is 9.13. The van der Waals surface area contributed by atoms with Crippen LogP contribution in [0.4, 0.5) is 5.69 Å². The van der Waals surface area contributed by atoms with Crippen LogP contribution < -0.4 is 0 Å². The fourth-order valence-corrected chi connectivity index (χ4v) is 2.57. The zero-order valence-corrected chi connectivity index (χ0v) is 10.8. The number of rotatable bonds is 3. The monoisotopic (exact) mass is 271 g/mol. The summed E-state index contributed by atoms with van der Waals surface area (Å²) in [6, 6.07) is 10.2. The van der Waals surface area contributed by atoms with E-state index in [1.165, 1.54) is 6.07 Å². The summed E-state index contributed by atoms with van der Waals surface area (Å²) >= 11 is 1.13. The zero-order valence-electron chi connectivity index (χ0n) is 10.0. The van der Waals surface area contributed by atoms with E-state index in [9.17, 15) is 10.1 Å². The first-order valence-corrected chi connectivity index (χ1v) is 6.22. The van der Waals surface area contributed by atoms with Gasteiger partial charge in [-0.2, -0.15) is 5.26 Å². The molecule has 2 aromatic rings. The minimum absolute atomic E-state index is 0.0136.